The number of esters is 1. The molecule has 0 aromatic rings. The van der Waals surface area contributed by atoms with Gasteiger partial charge in [0.05, 0.1) is 25.9 Å². The number of ether oxygens (including phenoxy) is 3. The number of hydrogen-bond acceptors (Lipinski definition) is 5. The van der Waals surface area contributed by atoms with Gasteiger partial charge in [-0.05, 0) is 0 Å². The minimum atomic E-state index is -0.550. The van der Waals surface area contributed by atoms with E-state index in [4.69, 9.17) is 9.47 Å². The van der Waals surface area contributed by atoms with Crippen LogP contribution in [0, 0.1) is 0 Å². The number of rotatable bonds is 1. The third-order valence-corrected chi connectivity index (χ3v) is 2.37. The molecule has 2 rings (SSSR count). The van der Waals surface area contributed by atoms with Crippen molar-refractivity contribution in [3.8, 4) is 0 Å². The number of carbonyl (C=O) groups is 1. The smallest absolute Gasteiger partial charge is 0.337 e. The van der Waals surface area contributed by atoms with E-state index in [1.165, 1.54) is 7.11 Å². The van der Waals surface area contributed by atoms with E-state index in [1.807, 2.05) is 0 Å². The molecule has 2 fully saturated rings. The van der Waals surface area contributed by atoms with E-state index >= 15 is 0 Å². The molecular formula is C8H13NO4. The first-order chi connectivity index (χ1) is 6.31. The lowest BCUT2D eigenvalue weighted by molar-refractivity contribution is -0.190. The van der Waals surface area contributed by atoms with Gasteiger partial charge in [0.2, 0.25) is 0 Å². The Morgan fingerprint density at radius 1 is 1.46 bits per heavy atom. The highest BCUT2D eigenvalue weighted by atomic mass is 16.6. The summed E-state index contributed by atoms with van der Waals surface area (Å²) in [6.45, 7) is 1.85. The van der Waals surface area contributed by atoms with Crippen molar-refractivity contribution in [3.63, 3.8) is 0 Å². The number of fused-ring (bicyclic) bond motifs is 1. The molecule has 2 aliphatic heterocycles. The fourth-order valence-corrected chi connectivity index (χ4v) is 1.65. The van der Waals surface area contributed by atoms with E-state index < -0.39 is 6.10 Å². The first-order valence-corrected chi connectivity index (χ1v) is 4.37. The Bertz CT molecular complexity index is 208. The van der Waals surface area contributed by atoms with E-state index in [9.17, 15) is 4.79 Å². The zero-order chi connectivity index (χ0) is 9.26. The van der Waals surface area contributed by atoms with Crippen LogP contribution in [0.25, 0.3) is 0 Å². The van der Waals surface area contributed by atoms with Crippen LogP contribution in [0.3, 0.4) is 0 Å². The van der Waals surface area contributed by atoms with Crippen molar-refractivity contribution >= 4 is 5.97 Å². The molecule has 3 unspecified atom stereocenters. The highest BCUT2D eigenvalue weighted by molar-refractivity contribution is 5.74. The summed E-state index contributed by atoms with van der Waals surface area (Å²) in [5.74, 6) is -0.356. The van der Waals surface area contributed by atoms with E-state index in [0.29, 0.717) is 6.61 Å². The van der Waals surface area contributed by atoms with Gasteiger partial charge in [0.15, 0.2) is 6.10 Å². The molecule has 13 heavy (non-hydrogen) atoms. The van der Waals surface area contributed by atoms with Crippen LogP contribution in [0.4, 0.5) is 0 Å². The zero-order valence-corrected chi connectivity index (χ0v) is 7.49. The molecule has 1 N–H and O–H groups in total. The van der Waals surface area contributed by atoms with Crippen molar-refractivity contribution in [2.75, 3.05) is 26.8 Å². The third-order valence-electron chi connectivity index (χ3n) is 2.37. The molecule has 0 aromatic carbocycles. The van der Waals surface area contributed by atoms with Gasteiger partial charge in [-0.1, -0.05) is 0 Å². The standard InChI is InChI=1S/C8H13NO4/c1-11-8(10)7-4-12-5-2-9-3-6(5)13-7/h5-7,9H,2-4H2,1H3. The normalized spacial score (nSPS) is 38.4. The van der Waals surface area contributed by atoms with Crippen LogP contribution in [0.2, 0.25) is 0 Å². The van der Waals surface area contributed by atoms with Crippen LogP contribution in [-0.2, 0) is 19.0 Å². The summed E-state index contributed by atoms with van der Waals surface area (Å²) < 4.78 is 15.5. The summed E-state index contributed by atoms with van der Waals surface area (Å²) >= 11 is 0. The monoisotopic (exact) mass is 187 g/mol. The van der Waals surface area contributed by atoms with E-state index in [-0.39, 0.29) is 18.2 Å². The molecule has 3 atom stereocenters. The second-order valence-corrected chi connectivity index (χ2v) is 3.22. The Balaban J connectivity index is 1.93. The van der Waals surface area contributed by atoms with Gasteiger partial charge in [-0.25, -0.2) is 4.79 Å². The van der Waals surface area contributed by atoms with Crippen molar-refractivity contribution in [2.45, 2.75) is 18.3 Å². The van der Waals surface area contributed by atoms with Gasteiger partial charge in [-0.15, -0.1) is 0 Å². The Labute approximate surface area is 76.3 Å². The molecular weight excluding hydrogens is 174 g/mol. The Morgan fingerprint density at radius 3 is 3.00 bits per heavy atom. The lowest BCUT2D eigenvalue weighted by atomic mass is 10.2. The Morgan fingerprint density at radius 2 is 2.23 bits per heavy atom. The Hall–Kier alpha value is -0.650. The van der Waals surface area contributed by atoms with Crippen molar-refractivity contribution in [1.29, 1.82) is 0 Å². The number of nitrogens with one attached hydrogen (secondary N) is 1. The minimum absolute atomic E-state index is 0.00199. The van der Waals surface area contributed by atoms with Crippen LogP contribution >= 0.6 is 0 Å². The van der Waals surface area contributed by atoms with Crippen molar-refractivity contribution < 1.29 is 19.0 Å². The van der Waals surface area contributed by atoms with Crippen LogP contribution < -0.4 is 5.32 Å². The molecule has 0 saturated carbocycles. The molecule has 74 valence electrons. The molecule has 0 radical (unpaired) electrons. The average molecular weight is 187 g/mol. The van der Waals surface area contributed by atoms with Crippen LogP contribution in [-0.4, -0.2) is 51.1 Å². The summed E-state index contributed by atoms with van der Waals surface area (Å²) in [5.41, 5.74) is 0. The molecule has 0 aromatic heterocycles. The van der Waals surface area contributed by atoms with Crippen LogP contribution in [0.1, 0.15) is 0 Å². The number of hydrogen-bond donors (Lipinski definition) is 1. The molecule has 5 nitrogen and oxygen atoms in total. The van der Waals surface area contributed by atoms with Gasteiger partial charge in [-0.2, -0.15) is 0 Å². The highest BCUT2D eigenvalue weighted by Gasteiger charge is 2.38. The van der Waals surface area contributed by atoms with Gasteiger partial charge >= 0.3 is 5.97 Å². The first kappa shape index (κ1) is 8.93. The lowest BCUT2D eigenvalue weighted by Gasteiger charge is -2.30. The quantitative estimate of drug-likeness (QED) is 0.529. The highest BCUT2D eigenvalue weighted by Crippen LogP contribution is 2.18. The predicted molar refractivity (Wildman–Crippen MR) is 43.3 cm³/mol. The summed E-state index contributed by atoms with van der Waals surface area (Å²) in [5, 5.41) is 3.14. The maximum Gasteiger partial charge on any atom is 0.337 e. The van der Waals surface area contributed by atoms with Gasteiger partial charge in [0, 0.05) is 13.1 Å². The molecule has 0 aliphatic carbocycles. The molecule has 5 heteroatoms. The molecule has 2 aliphatic rings. The first-order valence-electron chi connectivity index (χ1n) is 4.37. The van der Waals surface area contributed by atoms with E-state index in [1.54, 1.807) is 0 Å². The molecule has 0 spiro atoms. The maximum atomic E-state index is 11.1. The predicted octanol–water partition coefficient (Wildman–Crippen LogP) is -1.08. The third kappa shape index (κ3) is 1.67. The number of carbonyl (C=O) groups excluding carboxylic acids is 1. The van der Waals surface area contributed by atoms with E-state index in [0.717, 1.165) is 13.1 Å². The molecule has 0 bridgehead atoms. The summed E-state index contributed by atoms with van der Waals surface area (Å²) in [7, 11) is 1.35. The average Bonchev–Trinajstić information content (AvgIpc) is 2.63. The van der Waals surface area contributed by atoms with Gasteiger partial charge in [0.25, 0.3) is 0 Å². The Kier molecular flexibility index (Phi) is 2.48. The fraction of sp³-hybridized carbons (Fsp3) is 0.875. The molecule has 0 amide bonds. The summed E-state index contributed by atoms with van der Waals surface area (Å²) in [6.07, 6.45) is -0.454. The zero-order valence-electron chi connectivity index (χ0n) is 7.49. The van der Waals surface area contributed by atoms with Crippen molar-refractivity contribution in [2.24, 2.45) is 0 Å². The van der Waals surface area contributed by atoms with Crippen LogP contribution in [0.5, 0.6) is 0 Å². The van der Waals surface area contributed by atoms with Gasteiger partial charge in [0.1, 0.15) is 0 Å². The van der Waals surface area contributed by atoms with Gasteiger partial charge < -0.3 is 19.5 Å². The lowest BCUT2D eigenvalue weighted by Crippen LogP contribution is -2.46. The molecule has 2 heterocycles. The second-order valence-electron chi connectivity index (χ2n) is 3.22. The van der Waals surface area contributed by atoms with Crippen LogP contribution in [0.15, 0.2) is 0 Å². The summed E-state index contributed by atoms with van der Waals surface area (Å²) in [4.78, 5) is 11.1. The number of methoxy groups -OCH3 is 1. The van der Waals surface area contributed by atoms with Crippen molar-refractivity contribution in [3.05, 3.63) is 0 Å². The SMILES string of the molecule is COC(=O)C1COC2CNCC2O1. The topological polar surface area (TPSA) is 56.8 Å². The molecule has 2 saturated heterocycles. The van der Waals surface area contributed by atoms with E-state index in [2.05, 4.69) is 10.1 Å². The largest absolute Gasteiger partial charge is 0.467 e. The fourth-order valence-electron chi connectivity index (χ4n) is 1.65. The minimum Gasteiger partial charge on any atom is -0.467 e. The second kappa shape index (κ2) is 3.61. The van der Waals surface area contributed by atoms with Gasteiger partial charge in [-0.3, -0.25) is 0 Å². The van der Waals surface area contributed by atoms with Crippen molar-refractivity contribution in [1.82, 2.24) is 5.32 Å². The maximum absolute atomic E-state index is 11.1. The summed E-state index contributed by atoms with van der Waals surface area (Å²) in [6, 6.07) is 0.